The highest BCUT2D eigenvalue weighted by atomic mass is 16.5. The number of nitrogens with zero attached hydrogens (tertiary/aromatic N) is 1. The molecule has 2 unspecified atom stereocenters. The molecule has 0 heterocycles. The van der Waals surface area contributed by atoms with Gasteiger partial charge in [-0.2, -0.15) is 0 Å². The van der Waals surface area contributed by atoms with Gasteiger partial charge < -0.3 is 9.47 Å². The van der Waals surface area contributed by atoms with E-state index >= 15 is 0 Å². The fourth-order valence-electron chi connectivity index (χ4n) is 0.727. The summed E-state index contributed by atoms with van der Waals surface area (Å²) in [4.78, 5) is 4.37. The predicted octanol–water partition coefficient (Wildman–Crippen LogP) is 2.30. The van der Waals surface area contributed by atoms with E-state index in [0.29, 0.717) is 6.61 Å². The number of ether oxygens (including phenoxy) is 2. The molecule has 3 heteroatoms. The molecule has 0 aliphatic carbocycles. The number of hydrogen-bond acceptors (Lipinski definition) is 3. The largest absolute Gasteiger partial charge is 0.379 e. The van der Waals surface area contributed by atoms with Crippen LogP contribution in [-0.2, 0) is 9.47 Å². The number of methoxy groups -OCH3 is 1. The molecule has 84 valence electrons. The number of rotatable bonds is 5. The van der Waals surface area contributed by atoms with Crippen LogP contribution in [0, 0.1) is 0 Å². The second-order valence-electron chi connectivity index (χ2n) is 4.53. The fourth-order valence-corrected chi connectivity index (χ4v) is 0.727. The lowest BCUT2D eigenvalue weighted by atomic mass is 10.1. The van der Waals surface area contributed by atoms with Gasteiger partial charge in [0.2, 0.25) is 0 Å². The zero-order valence-corrected chi connectivity index (χ0v) is 10.2. The van der Waals surface area contributed by atoms with Crippen molar-refractivity contribution in [2.75, 3.05) is 13.7 Å². The van der Waals surface area contributed by atoms with Crippen molar-refractivity contribution < 1.29 is 9.47 Å². The lowest BCUT2D eigenvalue weighted by Gasteiger charge is -2.15. The molecule has 2 atom stereocenters. The third kappa shape index (κ3) is 8.20. The molecule has 0 aromatic carbocycles. The normalized spacial score (nSPS) is 17.3. The van der Waals surface area contributed by atoms with E-state index < -0.39 is 0 Å². The molecule has 0 saturated heterocycles. The molecule has 3 nitrogen and oxygen atoms in total. The van der Waals surface area contributed by atoms with Crippen LogP contribution in [0.2, 0.25) is 0 Å². The molecule has 0 bridgehead atoms. The topological polar surface area (TPSA) is 30.8 Å². The minimum Gasteiger partial charge on any atom is -0.379 e. The summed E-state index contributed by atoms with van der Waals surface area (Å²) in [5, 5.41) is 0. The maximum atomic E-state index is 5.52. The van der Waals surface area contributed by atoms with Gasteiger partial charge in [0.15, 0.2) is 0 Å². The molecule has 0 saturated carbocycles. The molecule has 0 radical (unpaired) electrons. The monoisotopic (exact) mass is 201 g/mol. The maximum Gasteiger partial charge on any atom is 0.0895 e. The van der Waals surface area contributed by atoms with Crippen LogP contribution < -0.4 is 0 Å². The average molecular weight is 201 g/mol. The quantitative estimate of drug-likeness (QED) is 0.639. The summed E-state index contributed by atoms with van der Waals surface area (Å²) >= 11 is 0. The summed E-state index contributed by atoms with van der Waals surface area (Å²) in [6, 6.07) is 0. The Balaban J connectivity index is 3.76. The van der Waals surface area contributed by atoms with Gasteiger partial charge in [0.25, 0.3) is 0 Å². The van der Waals surface area contributed by atoms with Crippen molar-refractivity contribution in [1.82, 2.24) is 0 Å². The number of aliphatic imine (C=N–C) groups is 1. The predicted molar refractivity (Wildman–Crippen MR) is 60.1 cm³/mol. The first-order valence-corrected chi connectivity index (χ1v) is 5.05. The van der Waals surface area contributed by atoms with E-state index in [9.17, 15) is 0 Å². The highest BCUT2D eigenvalue weighted by molar-refractivity contribution is 5.62. The van der Waals surface area contributed by atoms with Gasteiger partial charge in [0.1, 0.15) is 0 Å². The van der Waals surface area contributed by atoms with E-state index in [2.05, 4.69) is 25.8 Å². The SMILES string of the molecule is COC(C)COC(C)C=NC(C)(C)C. The van der Waals surface area contributed by atoms with Gasteiger partial charge >= 0.3 is 0 Å². The van der Waals surface area contributed by atoms with Gasteiger partial charge in [-0.25, -0.2) is 0 Å². The molecule has 0 N–H and O–H groups in total. The van der Waals surface area contributed by atoms with Crippen molar-refractivity contribution in [2.24, 2.45) is 4.99 Å². The van der Waals surface area contributed by atoms with Crippen molar-refractivity contribution in [3.05, 3.63) is 0 Å². The van der Waals surface area contributed by atoms with Crippen LogP contribution in [-0.4, -0.2) is 37.7 Å². The minimum absolute atomic E-state index is 0.0233. The summed E-state index contributed by atoms with van der Waals surface area (Å²) in [6.45, 7) is 10.8. The third-order valence-corrected chi connectivity index (χ3v) is 1.67. The molecule has 0 aliphatic heterocycles. The van der Waals surface area contributed by atoms with Crippen LogP contribution >= 0.6 is 0 Å². The Labute approximate surface area is 87.5 Å². The van der Waals surface area contributed by atoms with Crippen LogP contribution in [0.5, 0.6) is 0 Å². The Morgan fingerprint density at radius 2 is 1.86 bits per heavy atom. The van der Waals surface area contributed by atoms with Gasteiger partial charge in [0, 0.05) is 13.3 Å². The van der Waals surface area contributed by atoms with Crippen molar-refractivity contribution >= 4 is 6.21 Å². The van der Waals surface area contributed by atoms with Gasteiger partial charge in [0.05, 0.1) is 24.4 Å². The fraction of sp³-hybridized carbons (Fsp3) is 0.909. The molecular weight excluding hydrogens is 178 g/mol. The zero-order valence-electron chi connectivity index (χ0n) is 10.2. The molecule has 0 amide bonds. The molecule has 0 spiro atoms. The number of hydrogen-bond donors (Lipinski definition) is 0. The van der Waals surface area contributed by atoms with Crippen molar-refractivity contribution in [3.63, 3.8) is 0 Å². The Morgan fingerprint density at radius 1 is 1.29 bits per heavy atom. The zero-order chi connectivity index (χ0) is 11.2. The standard InChI is InChI=1S/C11H23NO2/c1-9(7-12-11(3,4)5)14-8-10(2)13-6/h7,9-10H,8H2,1-6H3. The Bertz CT molecular complexity index is 173. The summed E-state index contributed by atoms with van der Waals surface area (Å²) in [6.07, 6.45) is 2.04. The molecule has 0 aromatic heterocycles. The Morgan fingerprint density at radius 3 is 2.29 bits per heavy atom. The third-order valence-electron chi connectivity index (χ3n) is 1.67. The van der Waals surface area contributed by atoms with E-state index in [1.54, 1.807) is 7.11 Å². The lowest BCUT2D eigenvalue weighted by Crippen LogP contribution is -2.21. The highest BCUT2D eigenvalue weighted by Gasteiger charge is 2.07. The maximum absolute atomic E-state index is 5.52. The van der Waals surface area contributed by atoms with Gasteiger partial charge in [-0.15, -0.1) is 0 Å². The van der Waals surface area contributed by atoms with Crippen LogP contribution in [0.4, 0.5) is 0 Å². The van der Waals surface area contributed by atoms with Crippen molar-refractivity contribution in [1.29, 1.82) is 0 Å². The van der Waals surface area contributed by atoms with Gasteiger partial charge in [-0.1, -0.05) is 0 Å². The first kappa shape index (κ1) is 13.6. The molecule has 0 fully saturated rings. The van der Waals surface area contributed by atoms with Gasteiger partial charge in [-0.3, -0.25) is 4.99 Å². The van der Waals surface area contributed by atoms with Gasteiger partial charge in [-0.05, 0) is 34.6 Å². The van der Waals surface area contributed by atoms with E-state index in [-0.39, 0.29) is 17.7 Å². The summed E-state index contributed by atoms with van der Waals surface area (Å²) in [5.74, 6) is 0. The Hall–Kier alpha value is -0.410. The van der Waals surface area contributed by atoms with E-state index in [1.165, 1.54) is 0 Å². The van der Waals surface area contributed by atoms with Crippen LogP contribution in [0.1, 0.15) is 34.6 Å². The smallest absolute Gasteiger partial charge is 0.0895 e. The van der Waals surface area contributed by atoms with E-state index in [1.807, 2.05) is 20.1 Å². The average Bonchev–Trinajstić information content (AvgIpc) is 2.09. The molecule has 0 aliphatic rings. The van der Waals surface area contributed by atoms with Crippen LogP contribution in [0.3, 0.4) is 0 Å². The summed E-state index contributed by atoms with van der Waals surface area (Å²) in [5.41, 5.74) is -0.0233. The molecule has 14 heavy (non-hydrogen) atoms. The first-order chi connectivity index (χ1) is 6.35. The molecular formula is C11H23NO2. The van der Waals surface area contributed by atoms with Crippen molar-refractivity contribution in [2.45, 2.75) is 52.4 Å². The second kappa shape index (κ2) is 6.14. The Kier molecular flexibility index (Phi) is 5.96. The second-order valence-corrected chi connectivity index (χ2v) is 4.53. The van der Waals surface area contributed by atoms with E-state index in [0.717, 1.165) is 0 Å². The highest BCUT2D eigenvalue weighted by Crippen LogP contribution is 2.05. The minimum atomic E-state index is -0.0233. The van der Waals surface area contributed by atoms with E-state index in [4.69, 9.17) is 9.47 Å². The molecule has 0 rings (SSSR count). The summed E-state index contributed by atoms with van der Waals surface area (Å²) in [7, 11) is 1.68. The molecule has 0 aromatic rings. The van der Waals surface area contributed by atoms with Crippen molar-refractivity contribution in [3.8, 4) is 0 Å². The van der Waals surface area contributed by atoms with Crippen LogP contribution in [0.15, 0.2) is 4.99 Å². The van der Waals surface area contributed by atoms with Crippen LogP contribution in [0.25, 0.3) is 0 Å². The summed E-state index contributed by atoms with van der Waals surface area (Å²) < 4.78 is 10.6. The first-order valence-electron chi connectivity index (χ1n) is 5.05. The lowest BCUT2D eigenvalue weighted by molar-refractivity contribution is 0.00861.